The number of benzene rings is 2. The molecule has 116 valence electrons. The number of nitrogens with two attached hydrogens (primary N) is 1. The lowest BCUT2D eigenvalue weighted by Crippen LogP contribution is -2.14. The molecule has 0 saturated heterocycles. The van der Waals surface area contributed by atoms with E-state index < -0.39 is 0 Å². The lowest BCUT2D eigenvalue weighted by molar-refractivity contribution is 0.806. The molecule has 3 aromatic rings. The molecule has 0 aliphatic heterocycles. The molecule has 1 heterocycles. The molecule has 0 bridgehead atoms. The first-order valence-electron chi connectivity index (χ1n) is 6.90. The molecular weight excluding hydrogens is 349 g/mol. The van der Waals surface area contributed by atoms with Gasteiger partial charge in [-0.25, -0.2) is 4.98 Å². The standard InChI is InChI=1S/C17H13Cl2N3S/c18-12-5-6-15(19)14(9-12)17-21-7-8-22(17)10-11-3-1-2-4-13(11)16(20)23/h1-9H,10H2,(H2,20,23). The highest BCUT2D eigenvalue weighted by Gasteiger charge is 2.12. The lowest BCUT2D eigenvalue weighted by Gasteiger charge is -2.12. The van der Waals surface area contributed by atoms with Crippen LogP contribution in [0.15, 0.2) is 54.9 Å². The van der Waals surface area contributed by atoms with Crippen molar-refractivity contribution in [2.45, 2.75) is 6.54 Å². The third-order valence-corrected chi connectivity index (χ3v) is 4.29. The number of rotatable bonds is 4. The van der Waals surface area contributed by atoms with Crippen LogP contribution >= 0.6 is 35.4 Å². The number of hydrogen-bond acceptors (Lipinski definition) is 2. The van der Waals surface area contributed by atoms with Crippen molar-refractivity contribution in [2.75, 3.05) is 0 Å². The first-order valence-corrected chi connectivity index (χ1v) is 8.07. The summed E-state index contributed by atoms with van der Waals surface area (Å²) >= 11 is 17.5. The third kappa shape index (κ3) is 3.39. The molecule has 6 heteroatoms. The molecule has 3 nitrogen and oxygen atoms in total. The number of hydrogen-bond donors (Lipinski definition) is 1. The van der Waals surface area contributed by atoms with E-state index in [2.05, 4.69) is 4.98 Å². The molecule has 0 atom stereocenters. The SMILES string of the molecule is NC(=S)c1ccccc1Cn1ccnc1-c1cc(Cl)ccc1Cl. The molecule has 3 rings (SSSR count). The minimum Gasteiger partial charge on any atom is -0.389 e. The highest BCUT2D eigenvalue weighted by atomic mass is 35.5. The predicted octanol–water partition coefficient (Wildman–Crippen LogP) is 4.54. The van der Waals surface area contributed by atoms with E-state index >= 15 is 0 Å². The fourth-order valence-electron chi connectivity index (χ4n) is 2.43. The summed E-state index contributed by atoms with van der Waals surface area (Å²) in [5, 5.41) is 1.21. The lowest BCUT2D eigenvalue weighted by atomic mass is 10.1. The Morgan fingerprint density at radius 3 is 2.74 bits per heavy atom. The Morgan fingerprint density at radius 2 is 1.96 bits per heavy atom. The second-order valence-electron chi connectivity index (χ2n) is 5.02. The van der Waals surface area contributed by atoms with Crippen LogP contribution in [0.4, 0.5) is 0 Å². The van der Waals surface area contributed by atoms with Crippen molar-refractivity contribution < 1.29 is 0 Å². The number of nitrogens with zero attached hydrogens (tertiary/aromatic N) is 2. The summed E-state index contributed by atoms with van der Waals surface area (Å²) < 4.78 is 1.99. The van der Waals surface area contributed by atoms with Crippen LogP contribution in [0.5, 0.6) is 0 Å². The van der Waals surface area contributed by atoms with Crippen molar-refractivity contribution in [1.82, 2.24) is 9.55 Å². The fourth-order valence-corrected chi connectivity index (χ4v) is 3.01. The van der Waals surface area contributed by atoms with E-state index in [0.29, 0.717) is 21.6 Å². The molecule has 0 unspecified atom stereocenters. The summed E-state index contributed by atoms with van der Waals surface area (Å²) in [6.07, 6.45) is 3.62. The summed E-state index contributed by atoms with van der Waals surface area (Å²) in [4.78, 5) is 4.79. The van der Waals surface area contributed by atoms with Crippen molar-refractivity contribution in [1.29, 1.82) is 0 Å². The molecule has 0 fully saturated rings. The van der Waals surface area contributed by atoms with Crippen molar-refractivity contribution in [3.63, 3.8) is 0 Å². The zero-order valence-corrected chi connectivity index (χ0v) is 14.4. The van der Waals surface area contributed by atoms with Gasteiger partial charge in [0, 0.05) is 35.1 Å². The molecule has 23 heavy (non-hydrogen) atoms. The van der Waals surface area contributed by atoms with E-state index in [1.807, 2.05) is 41.1 Å². The van der Waals surface area contributed by atoms with Crippen LogP contribution < -0.4 is 5.73 Å². The Kier molecular flexibility index (Phi) is 4.66. The van der Waals surface area contributed by atoms with Crippen LogP contribution in [-0.4, -0.2) is 14.5 Å². The molecule has 0 saturated carbocycles. The van der Waals surface area contributed by atoms with Gasteiger partial charge in [-0.1, -0.05) is 59.7 Å². The maximum atomic E-state index is 6.29. The normalized spacial score (nSPS) is 10.7. The van der Waals surface area contributed by atoms with E-state index in [9.17, 15) is 0 Å². The topological polar surface area (TPSA) is 43.8 Å². The molecular formula is C17H13Cl2N3S. The van der Waals surface area contributed by atoms with Gasteiger partial charge in [-0.3, -0.25) is 0 Å². The molecule has 2 N–H and O–H groups in total. The molecule has 1 aromatic heterocycles. The number of halogens is 2. The zero-order valence-electron chi connectivity index (χ0n) is 12.0. The Balaban J connectivity index is 2.03. The Hall–Kier alpha value is -1.88. The van der Waals surface area contributed by atoms with Gasteiger partial charge in [0.2, 0.25) is 0 Å². The summed E-state index contributed by atoms with van der Waals surface area (Å²) in [5.74, 6) is 0.746. The van der Waals surface area contributed by atoms with Crippen LogP contribution in [0.2, 0.25) is 10.0 Å². The van der Waals surface area contributed by atoms with Crippen molar-refractivity contribution in [3.8, 4) is 11.4 Å². The summed E-state index contributed by atoms with van der Waals surface area (Å²) in [6.45, 7) is 0.589. The predicted molar refractivity (Wildman–Crippen MR) is 99.1 cm³/mol. The van der Waals surface area contributed by atoms with Gasteiger partial charge in [0.15, 0.2) is 0 Å². The van der Waals surface area contributed by atoms with Crippen LogP contribution in [0.1, 0.15) is 11.1 Å². The first-order chi connectivity index (χ1) is 11.1. The zero-order chi connectivity index (χ0) is 16.4. The van der Waals surface area contributed by atoms with E-state index in [0.717, 1.165) is 22.5 Å². The van der Waals surface area contributed by atoms with Gasteiger partial charge >= 0.3 is 0 Å². The summed E-state index contributed by atoms with van der Waals surface area (Å²) in [5.41, 5.74) is 8.48. The summed E-state index contributed by atoms with van der Waals surface area (Å²) in [6, 6.07) is 13.1. The Labute approximate surface area is 149 Å². The van der Waals surface area contributed by atoms with Gasteiger partial charge in [0.1, 0.15) is 10.8 Å². The van der Waals surface area contributed by atoms with Crippen molar-refractivity contribution in [3.05, 3.63) is 76.0 Å². The Morgan fingerprint density at radius 1 is 1.17 bits per heavy atom. The number of aromatic nitrogens is 2. The largest absolute Gasteiger partial charge is 0.389 e. The van der Waals surface area contributed by atoms with Gasteiger partial charge < -0.3 is 10.3 Å². The van der Waals surface area contributed by atoms with Crippen molar-refractivity contribution in [2.24, 2.45) is 5.73 Å². The van der Waals surface area contributed by atoms with Gasteiger partial charge in [-0.05, 0) is 23.8 Å². The van der Waals surface area contributed by atoms with Gasteiger partial charge in [-0.2, -0.15) is 0 Å². The van der Waals surface area contributed by atoms with Gasteiger partial charge in [-0.15, -0.1) is 0 Å². The minimum atomic E-state index is 0.378. The van der Waals surface area contributed by atoms with Crippen LogP contribution in [0, 0.1) is 0 Å². The fraction of sp³-hybridized carbons (Fsp3) is 0.0588. The number of thiocarbonyl (C=S) groups is 1. The molecule has 0 aliphatic rings. The molecule has 0 amide bonds. The molecule has 2 aromatic carbocycles. The smallest absolute Gasteiger partial charge is 0.141 e. The van der Waals surface area contributed by atoms with Crippen LogP contribution in [0.3, 0.4) is 0 Å². The van der Waals surface area contributed by atoms with E-state index in [-0.39, 0.29) is 0 Å². The van der Waals surface area contributed by atoms with E-state index in [1.54, 1.807) is 18.3 Å². The highest BCUT2D eigenvalue weighted by molar-refractivity contribution is 7.80. The monoisotopic (exact) mass is 361 g/mol. The summed E-state index contributed by atoms with van der Waals surface area (Å²) in [7, 11) is 0. The minimum absolute atomic E-state index is 0.378. The van der Waals surface area contributed by atoms with Crippen LogP contribution in [0.25, 0.3) is 11.4 Å². The van der Waals surface area contributed by atoms with Crippen molar-refractivity contribution >= 4 is 40.4 Å². The Bertz CT molecular complexity index is 874. The molecule has 0 aliphatic carbocycles. The highest BCUT2D eigenvalue weighted by Crippen LogP contribution is 2.30. The van der Waals surface area contributed by atoms with E-state index in [1.165, 1.54) is 0 Å². The second kappa shape index (κ2) is 6.71. The van der Waals surface area contributed by atoms with Gasteiger partial charge in [0.05, 0.1) is 5.02 Å². The van der Waals surface area contributed by atoms with Gasteiger partial charge in [0.25, 0.3) is 0 Å². The van der Waals surface area contributed by atoms with Crippen LogP contribution in [-0.2, 0) is 6.54 Å². The average molecular weight is 362 g/mol. The quantitative estimate of drug-likeness (QED) is 0.693. The average Bonchev–Trinajstić information content (AvgIpc) is 2.98. The molecule has 0 radical (unpaired) electrons. The maximum absolute atomic E-state index is 6.29. The first kappa shape index (κ1) is 16.0. The maximum Gasteiger partial charge on any atom is 0.141 e. The number of imidazole rings is 1. The second-order valence-corrected chi connectivity index (χ2v) is 6.31. The molecule has 0 spiro atoms. The third-order valence-electron chi connectivity index (χ3n) is 3.51. The van der Waals surface area contributed by atoms with E-state index in [4.69, 9.17) is 41.2 Å².